The molecule has 0 unspecified atom stereocenters. The molecule has 1 aromatic carbocycles. The molecule has 26 heavy (non-hydrogen) atoms. The van der Waals surface area contributed by atoms with E-state index in [4.69, 9.17) is 5.73 Å². The number of rotatable bonds is 4. The Kier molecular flexibility index (Phi) is 4.02. The van der Waals surface area contributed by atoms with Gasteiger partial charge < -0.3 is 5.73 Å². The summed E-state index contributed by atoms with van der Waals surface area (Å²) in [4.78, 5) is 8.72. The smallest absolute Gasteiger partial charge is 0.269 e. The first-order valence-electron chi connectivity index (χ1n) is 8.03. The van der Waals surface area contributed by atoms with Gasteiger partial charge in [0.2, 0.25) is 0 Å². The van der Waals surface area contributed by atoms with Crippen molar-refractivity contribution in [1.82, 2.24) is 13.9 Å². The van der Waals surface area contributed by atoms with Crippen LogP contribution in [0.1, 0.15) is 5.69 Å². The number of hydrogen-bond donors (Lipinski definition) is 1. The lowest BCUT2D eigenvalue weighted by Gasteiger charge is -2.06. The van der Waals surface area contributed by atoms with Crippen LogP contribution in [0.15, 0.2) is 78.1 Å². The number of pyridine rings is 2. The van der Waals surface area contributed by atoms with Crippen LogP contribution in [-0.4, -0.2) is 22.4 Å². The van der Waals surface area contributed by atoms with Gasteiger partial charge in [0.05, 0.1) is 10.6 Å². The Bertz CT molecular complexity index is 1180. The van der Waals surface area contributed by atoms with Crippen molar-refractivity contribution in [3.05, 3.63) is 78.9 Å². The number of nitrogens with two attached hydrogens (primary N) is 1. The zero-order valence-corrected chi connectivity index (χ0v) is 14.6. The second-order valence-corrected chi connectivity index (χ2v) is 7.59. The van der Waals surface area contributed by atoms with Gasteiger partial charge in [-0.1, -0.05) is 18.2 Å². The third-order valence-corrected chi connectivity index (χ3v) is 5.83. The van der Waals surface area contributed by atoms with E-state index in [1.165, 1.54) is 3.97 Å². The van der Waals surface area contributed by atoms with Crippen molar-refractivity contribution in [3.8, 4) is 11.1 Å². The number of nitrogens with zero attached hydrogens (tertiary/aromatic N) is 3. The van der Waals surface area contributed by atoms with Gasteiger partial charge in [0.1, 0.15) is 0 Å². The van der Waals surface area contributed by atoms with Crippen molar-refractivity contribution in [2.75, 3.05) is 0 Å². The van der Waals surface area contributed by atoms with E-state index in [-0.39, 0.29) is 4.90 Å². The third kappa shape index (κ3) is 2.67. The maximum absolute atomic E-state index is 13.1. The summed E-state index contributed by atoms with van der Waals surface area (Å²) in [6.45, 7) is 0.313. The van der Waals surface area contributed by atoms with E-state index in [9.17, 15) is 8.42 Å². The van der Waals surface area contributed by atoms with Crippen molar-refractivity contribution < 1.29 is 8.42 Å². The highest BCUT2D eigenvalue weighted by Crippen LogP contribution is 2.32. The largest absolute Gasteiger partial charge is 0.325 e. The van der Waals surface area contributed by atoms with Crippen molar-refractivity contribution in [1.29, 1.82) is 0 Å². The second-order valence-electron chi connectivity index (χ2n) is 5.77. The summed E-state index contributed by atoms with van der Waals surface area (Å²) < 4.78 is 27.4. The lowest BCUT2D eigenvalue weighted by molar-refractivity contribution is 0.589. The quantitative estimate of drug-likeness (QED) is 0.601. The Labute approximate surface area is 151 Å². The highest BCUT2D eigenvalue weighted by atomic mass is 32.2. The molecule has 3 heterocycles. The zero-order valence-electron chi connectivity index (χ0n) is 13.8. The predicted octanol–water partition coefficient (Wildman–Crippen LogP) is 2.79. The van der Waals surface area contributed by atoms with E-state index in [0.717, 1.165) is 22.2 Å². The van der Waals surface area contributed by atoms with E-state index in [0.29, 0.717) is 12.2 Å². The minimum atomic E-state index is -3.75. The summed E-state index contributed by atoms with van der Waals surface area (Å²) in [5.74, 6) is 0. The molecule has 7 heteroatoms. The summed E-state index contributed by atoms with van der Waals surface area (Å²) in [6.07, 6.45) is 4.86. The highest BCUT2D eigenvalue weighted by Gasteiger charge is 2.22. The van der Waals surface area contributed by atoms with Crippen LogP contribution in [0.5, 0.6) is 0 Å². The van der Waals surface area contributed by atoms with E-state index in [1.807, 2.05) is 18.2 Å². The maximum Gasteiger partial charge on any atom is 0.269 e. The number of fused-ring (bicyclic) bond motifs is 1. The Morgan fingerprint density at radius 3 is 2.54 bits per heavy atom. The van der Waals surface area contributed by atoms with Gasteiger partial charge in [0.15, 0.2) is 5.65 Å². The topological polar surface area (TPSA) is 90.9 Å². The Balaban J connectivity index is 1.98. The van der Waals surface area contributed by atoms with Gasteiger partial charge in [-0.05, 0) is 42.0 Å². The summed E-state index contributed by atoms with van der Waals surface area (Å²) >= 11 is 0. The zero-order chi connectivity index (χ0) is 18.1. The van der Waals surface area contributed by atoms with Crippen LogP contribution in [-0.2, 0) is 16.6 Å². The molecular weight excluding hydrogens is 348 g/mol. The minimum absolute atomic E-state index is 0.214. The monoisotopic (exact) mass is 364 g/mol. The van der Waals surface area contributed by atoms with Crippen molar-refractivity contribution >= 4 is 21.1 Å². The van der Waals surface area contributed by atoms with Crippen molar-refractivity contribution in [3.63, 3.8) is 0 Å². The SMILES string of the molecule is NCc1cc(-c2cn(S(=O)(=O)c3ccccc3)c3ncccc23)ccn1. The molecule has 0 bridgehead atoms. The summed E-state index contributed by atoms with van der Waals surface area (Å²) in [6, 6.07) is 15.7. The van der Waals surface area contributed by atoms with Gasteiger partial charge in [-0.25, -0.2) is 17.4 Å². The Morgan fingerprint density at radius 1 is 0.962 bits per heavy atom. The fraction of sp³-hybridized carbons (Fsp3) is 0.0526. The van der Waals surface area contributed by atoms with Crippen molar-refractivity contribution in [2.45, 2.75) is 11.4 Å². The van der Waals surface area contributed by atoms with Crippen LogP contribution in [0, 0.1) is 0 Å². The van der Waals surface area contributed by atoms with Crippen LogP contribution in [0.2, 0.25) is 0 Å². The van der Waals surface area contributed by atoms with Crippen LogP contribution < -0.4 is 5.73 Å². The van der Waals surface area contributed by atoms with Crippen molar-refractivity contribution in [2.24, 2.45) is 5.73 Å². The van der Waals surface area contributed by atoms with Crippen LogP contribution in [0.25, 0.3) is 22.2 Å². The molecular formula is C19H16N4O2S. The molecule has 6 nitrogen and oxygen atoms in total. The minimum Gasteiger partial charge on any atom is -0.325 e. The Hall–Kier alpha value is -3.03. The van der Waals surface area contributed by atoms with Gasteiger partial charge in [0, 0.05) is 36.1 Å². The molecule has 0 saturated heterocycles. The Morgan fingerprint density at radius 2 is 1.77 bits per heavy atom. The van der Waals surface area contributed by atoms with E-state index in [2.05, 4.69) is 9.97 Å². The normalized spacial score (nSPS) is 11.7. The first-order valence-corrected chi connectivity index (χ1v) is 9.47. The molecule has 3 aromatic heterocycles. The number of aromatic nitrogens is 3. The lowest BCUT2D eigenvalue weighted by atomic mass is 10.1. The molecule has 4 rings (SSSR count). The summed E-state index contributed by atoms with van der Waals surface area (Å²) in [5, 5.41) is 0.751. The van der Waals surface area contributed by atoms with Gasteiger partial charge in [-0.2, -0.15) is 0 Å². The standard InChI is InChI=1S/C19H16N4O2S/c20-12-15-11-14(8-10-21-15)18-13-23(19-17(18)7-4-9-22-19)26(24,25)16-5-2-1-3-6-16/h1-11,13H,12,20H2. The van der Waals surface area contributed by atoms with Gasteiger partial charge in [-0.3, -0.25) is 4.98 Å². The molecule has 0 saturated carbocycles. The van der Waals surface area contributed by atoms with E-state index in [1.54, 1.807) is 55.0 Å². The molecule has 0 aliphatic carbocycles. The number of hydrogen-bond acceptors (Lipinski definition) is 5. The average molecular weight is 364 g/mol. The average Bonchev–Trinajstić information content (AvgIpc) is 3.09. The van der Waals surface area contributed by atoms with Crippen LogP contribution in [0.3, 0.4) is 0 Å². The molecule has 0 atom stereocenters. The fourth-order valence-electron chi connectivity index (χ4n) is 2.91. The first kappa shape index (κ1) is 16.4. The van der Waals surface area contributed by atoms with Crippen LogP contribution >= 0.6 is 0 Å². The van der Waals surface area contributed by atoms with Gasteiger partial charge >= 0.3 is 0 Å². The van der Waals surface area contributed by atoms with Gasteiger partial charge in [0.25, 0.3) is 10.0 Å². The van der Waals surface area contributed by atoms with Crippen LogP contribution in [0.4, 0.5) is 0 Å². The maximum atomic E-state index is 13.1. The van der Waals surface area contributed by atoms with E-state index < -0.39 is 10.0 Å². The summed E-state index contributed by atoms with van der Waals surface area (Å²) in [5.41, 5.74) is 8.42. The molecule has 0 aliphatic rings. The van der Waals surface area contributed by atoms with E-state index >= 15 is 0 Å². The predicted molar refractivity (Wildman–Crippen MR) is 99.9 cm³/mol. The molecule has 0 radical (unpaired) electrons. The molecule has 0 spiro atoms. The summed E-state index contributed by atoms with van der Waals surface area (Å²) in [7, 11) is -3.75. The second kappa shape index (κ2) is 6.36. The number of benzene rings is 1. The molecule has 0 aliphatic heterocycles. The highest BCUT2D eigenvalue weighted by molar-refractivity contribution is 7.90. The molecule has 0 amide bonds. The molecule has 2 N–H and O–H groups in total. The third-order valence-electron chi connectivity index (χ3n) is 4.17. The fourth-order valence-corrected chi connectivity index (χ4v) is 4.25. The molecule has 130 valence electrons. The molecule has 4 aromatic rings. The first-order chi connectivity index (χ1) is 12.6. The molecule has 0 fully saturated rings. The lowest BCUT2D eigenvalue weighted by Crippen LogP contribution is -2.12. The van der Waals surface area contributed by atoms with Gasteiger partial charge in [-0.15, -0.1) is 0 Å².